The molecule has 2 N–H and O–H groups in total. The Morgan fingerprint density at radius 2 is 1.62 bits per heavy atom. The van der Waals surface area contributed by atoms with Gasteiger partial charge in [-0.1, -0.05) is 18.2 Å². The Kier molecular flexibility index (Phi) is 5.28. The molecule has 0 aliphatic carbocycles. The molecule has 0 fully saturated rings. The van der Waals surface area contributed by atoms with E-state index in [1.807, 2.05) is 32.0 Å². The van der Waals surface area contributed by atoms with Gasteiger partial charge in [-0.15, -0.1) is 0 Å². The highest BCUT2D eigenvalue weighted by molar-refractivity contribution is 5.96. The predicted molar refractivity (Wildman–Crippen MR) is 84.9 cm³/mol. The third-order valence-electron chi connectivity index (χ3n) is 3.78. The minimum Gasteiger partial charge on any atom is -0.480 e. The van der Waals surface area contributed by atoms with Gasteiger partial charge in [0.05, 0.1) is 0 Å². The summed E-state index contributed by atoms with van der Waals surface area (Å²) < 4.78 is 26.4. The number of rotatable bonds is 5. The van der Waals surface area contributed by atoms with Gasteiger partial charge >= 0.3 is 5.97 Å². The molecule has 2 rings (SSSR count). The van der Waals surface area contributed by atoms with E-state index in [2.05, 4.69) is 5.32 Å². The van der Waals surface area contributed by atoms with E-state index < -0.39 is 29.6 Å². The van der Waals surface area contributed by atoms with E-state index in [-0.39, 0.29) is 12.0 Å². The third kappa shape index (κ3) is 4.16. The third-order valence-corrected chi connectivity index (χ3v) is 3.78. The van der Waals surface area contributed by atoms with Crippen LogP contribution in [0.1, 0.15) is 27.0 Å². The average molecular weight is 333 g/mol. The van der Waals surface area contributed by atoms with Crippen molar-refractivity contribution in [3.63, 3.8) is 0 Å². The fourth-order valence-electron chi connectivity index (χ4n) is 2.50. The maximum Gasteiger partial charge on any atom is 0.326 e. The van der Waals surface area contributed by atoms with Gasteiger partial charge in [0.2, 0.25) is 0 Å². The molecule has 0 aliphatic heterocycles. The molecule has 2 aromatic rings. The van der Waals surface area contributed by atoms with Crippen LogP contribution < -0.4 is 5.32 Å². The van der Waals surface area contributed by atoms with E-state index in [4.69, 9.17) is 0 Å². The molecule has 0 aliphatic rings. The molecule has 0 saturated carbocycles. The molecule has 0 saturated heterocycles. The molecule has 0 aromatic heterocycles. The van der Waals surface area contributed by atoms with Crippen LogP contribution in [0.5, 0.6) is 0 Å². The standard InChI is InChI=1S/C18H17F2NO3/c1-10-4-3-5-11(2)15(10)9-16(18(23)24)21-17(22)12-6-13(19)8-14(20)7-12/h3-8,16H,9H2,1-2H3,(H,21,22)(H,23,24)/t16-/m1/s1. The van der Waals surface area contributed by atoms with Crippen molar-refractivity contribution in [3.8, 4) is 0 Å². The summed E-state index contributed by atoms with van der Waals surface area (Å²) in [4.78, 5) is 23.6. The summed E-state index contributed by atoms with van der Waals surface area (Å²) in [5.74, 6) is -3.86. The normalized spacial score (nSPS) is 11.8. The number of carbonyl (C=O) groups excluding carboxylic acids is 1. The van der Waals surface area contributed by atoms with Crippen molar-refractivity contribution in [2.24, 2.45) is 0 Å². The van der Waals surface area contributed by atoms with E-state index >= 15 is 0 Å². The highest BCUT2D eigenvalue weighted by atomic mass is 19.1. The van der Waals surface area contributed by atoms with Crippen LogP contribution in [-0.2, 0) is 11.2 Å². The molecular formula is C18H17F2NO3. The Labute approximate surface area is 138 Å². The zero-order valence-corrected chi connectivity index (χ0v) is 13.3. The van der Waals surface area contributed by atoms with Crippen molar-refractivity contribution < 1.29 is 23.5 Å². The van der Waals surface area contributed by atoms with Gasteiger partial charge in [0.25, 0.3) is 5.91 Å². The number of carboxylic acids is 1. The van der Waals surface area contributed by atoms with Gasteiger partial charge in [-0.2, -0.15) is 0 Å². The quantitative estimate of drug-likeness (QED) is 0.884. The first-order valence-electron chi connectivity index (χ1n) is 7.33. The van der Waals surface area contributed by atoms with Crippen molar-refractivity contribution in [2.75, 3.05) is 0 Å². The summed E-state index contributed by atoms with van der Waals surface area (Å²) >= 11 is 0. The maximum atomic E-state index is 13.2. The van der Waals surface area contributed by atoms with Crippen molar-refractivity contribution in [1.82, 2.24) is 5.32 Å². The van der Waals surface area contributed by atoms with Crippen LogP contribution in [0.25, 0.3) is 0 Å². The molecule has 126 valence electrons. The van der Waals surface area contributed by atoms with Gasteiger partial charge < -0.3 is 10.4 Å². The Morgan fingerprint density at radius 3 is 2.12 bits per heavy atom. The number of hydrogen-bond donors (Lipinski definition) is 2. The molecule has 1 amide bonds. The van der Waals surface area contributed by atoms with Crippen molar-refractivity contribution in [3.05, 3.63) is 70.3 Å². The topological polar surface area (TPSA) is 66.4 Å². The molecule has 1 atom stereocenters. The maximum absolute atomic E-state index is 13.2. The van der Waals surface area contributed by atoms with E-state index in [1.165, 1.54) is 0 Å². The number of halogens is 2. The second kappa shape index (κ2) is 7.21. The molecule has 4 nitrogen and oxygen atoms in total. The number of hydrogen-bond acceptors (Lipinski definition) is 2. The Bertz CT molecular complexity index is 749. The lowest BCUT2D eigenvalue weighted by molar-refractivity contribution is -0.139. The fourth-order valence-corrected chi connectivity index (χ4v) is 2.50. The molecule has 0 heterocycles. The Hall–Kier alpha value is -2.76. The van der Waals surface area contributed by atoms with E-state index in [9.17, 15) is 23.5 Å². The largest absolute Gasteiger partial charge is 0.480 e. The van der Waals surface area contributed by atoms with E-state index in [0.717, 1.165) is 28.8 Å². The molecule has 0 spiro atoms. The number of aliphatic carboxylic acids is 1. The Balaban J connectivity index is 2.22. The van der Waals surface area contributed by atoms with E-state index in [0.29, 0.717) is 6.07 Å². The molecule has 0 radical (unpaired) electrons. The van der Waals surface area contributed by atoms with Crippen LogP contribution in [0.3, 0.4) is 0 Å². The lowest BCUT2D eigenvalue weighted by Gasteiger charge is -2.17. The fraction of sp³-hybridized carbons (Fsp3) is 0.222. The lowest BCUT2D eigenvalue weighted by Crippen LogP contribution is -2.42. The highest BCUT2D eigenvalue weighted by Gasteiger charge is 2.23. The number of benzene rings is 2. The molecular weight excluding hydrogens is 316 g/mol. The summed E-state index contributed by atoms with van der Waals surface area (Å²) in [6.45, 7) is 3.70. The van der Waals surface area contributed by atoms with Gasteiger partial charge in [-0.05, 0) is 42.7 Å². The summed E-state index contributed by atoms with van der Waals surface area (Å²) in [6.07, 6.45) is 0.0807. The number of nitrogens with one attached hydrogen (secondary N) is 1. The van der Waals surface area contributed by atoms with Crippen LogP contribution in [0.4, 0.5) is 8.78 Å². The highest BCUT2D eigenvalue weighted by Crippen LogP contribution is 2.16. The van der Waals surface area contributed by atoms with Crippen molar-refractivity contribution in [2.45, 2.75) is 26.3 Å². The summed E-state index contributed by atoms with van der Waals surface area (Å²) in [5, 5.41) is 11.7. The van der Waals surface area contributed by atoms with Crippen molar-refractivity contribution in [1.29, 1.82) is 0 Å². The average Bonchev–Trinajstić information content (AvgIpc) is 2.48. The SMILES string of the molecule is Cc1cccc(C)c1C[C@@H](NC(=O)c1cc(F)cc(F)c1)C(=O)O. The minimum atomic E-state index is -1.22. The minimum absolute atomic E-state index is 0.0807. The smallest absolute Gasteiger partial charge is 0.326 e. The molecule has 0 bridgehead atoms. The van der Waals surface area contributed by atoms with Gasteiger partial charge in [0.1, 0.15) is 17.7 Å². The zero-order chi connectivity index (χ0) is 17.9. The molecule has 24 heavy (non-hydrogen) atoms. The summed E-state index contributed by atoms with van der Waals surface area (Å²) in [6, 6.07) is 6.71. The molecule has 0 unspecified atom stereocenters. The summed E-state index contributed by atoms with van der Waals surface area (Å²) in [5.41, 5.74) is 2.37. The van der Waals surface area contributed by atoms with Crippen LogP contribution >= 0.6 is 0 Å². The monoisotopic (exact) mass is 333 g/mol. The van der Waals surface area contributed by atoms with Crippen LogP contribution in [0, 0.1) is 25.5 Å². The number of carboxylic acid groups (broad SMARTS) is 1. The van der Waals surface area contributed by atoms with Crippen LogP contribution in [-0.4, -0.2) is 23.0 Å². The number of carbonyl (C=O) groups is 2. The second-order valence-electron chi connectivity index (χ2n) is 5.60. The van der Waals surface area contributed by atoms with Crippen LogP contribution in [0.15, 0.2) is 36.4 Å². The van der Waals surface area contributed by atoms with Gasteiger partial charge in [0.15, 0.2) is 0 Å². The lowest BCUT2D eigenvalue weighted by atomic mass is 9.96. The second-order valence-corrected chi connectivity index (χ2v) is 5.60. The van der Waals surface area contributed by atoms with Crippen molar-refractivity contribution >= 4 is 11.9 Å². The van der Waals surface area contributed by atoms with E-state index in [1.54, 1.807) is 0 Å². The molecule has 6 heteroatoms. The predicted octanol–water partition coefficient (Wildman–Crippen LogP) is 3.01. The zero-order valence-electron chi connectivity index (χ0n) is 13.3. The van der Waals surface area contributed by atoms with Crippen LogP contribution in [0.2, 0.25) is 0 Å². The molecule has 2 aromatic carbocycles. The van der Waals surface area contributed by atoms with Gasteiger partial charge in [-0.25, -0.2) is 13.6 Å². The first-order chi connectivity index (χ1) is 11.3. The van der Waals surface area contributed by atoms with Gasteiger partial charge in [-0.3, -0.25) is 4.79 Å². The summed E-state index contributed by atoms with van der Waals surface area (Å²) in [7, 11) is 0. The number of aryl methyl sites for hydroxylation is 2. The number of amides is 1. The van der Waals surface area contributed by atoms with Gasteiger partial charge in [0, 0.05) is 18.1 Å². The first-order valence-corrected chi connectivity index (χ1v) is 7.33. The Morgan fingerprint density at radius 1 is 1.08 bits per heavy atom. The first kappa shape index (κ1) is 17.6.